The molecule has 1 saturated carbocycles. The summed E-state index contributed by atoms with van der Waals surface area (Å²) in [5.41, 5.74) is 0.624. The second-order valence-electron chi connectivity index (χ2n) is 4.74. The summed E-state index contributed by atoms with van der Waals surface area (Å²) in [7, 11) is 0. The molecule has 0 aromatic heterocycles. The number of hydrogen-bond acceptors (Lipinski definition) is 2. The van der Waals surface area contributed by atoms with Gasteiger partial charge in [0.2, 0.25) is 0 Å². The third kappa shape index (κ3) is 4.20. The summed E-state index contributed by atoms with van der Waals surface area (Å²) < 4.78 is 0.729. The second kappa shape index (κ2) is 6.73. The summed E-state index contributed by atoms with van der Waals surface area (Å²) in [6.07, 6.45) is 2.59. The zero-order chi connectivity index (χ0) is 13.8. The molecule has 1 aliphatic rings. The minimum absolute atomic E-state index is 0.0598. The van der Waals surface area contributed by atoms with Crippen molar-refractivity contribution in [3.8, 4) is 0 Å². The van der Waals surface area contributed by atoms with E-state index in [0.717, 1.165) is 23.6 Å². The van der Waals surface area contributed by atoms with Crippen LogP contribution in [0.2, 0.25) is 5.02 Å². The van der Waals surface area contributed by atoms with Crippen molar-refractivity contribution in [3.05, 3.63) is 33.3 Å². The van der Waals surface area contributed by atoms with Crippen molar-refractivity contribution in [2.45, 2.75) is 25.8 Å². The highest BCUT2D eigenvalue weighted by Gasteiger charge is 2.27. The van der Waals surface area contributed by atoms with Gasteiger partial charge in [-0.25, -0.2) is 0 Å². The van der Waals surface area contributed by atoms with E-state index in [2.05, 4.69) is 33.1 Å². The van der Waals surface area contributed by atoms with E-state index in [4.69, 9.17) is 11.6 Å². The van der Waals surface area contributed by atoms with Gasteiger partial charge in [0.05, 0.1) is 5.56 Å². The van der Waals surface area contributed by atoms with E-state index < -0.39 is 0 Å². The number of benzene rings is 1. The summed E-state index contributed by atoms with van der Waals surface area (Å²) in [6, 6.07) is 5.94. The van der Waals surface area contributed by atoms with E-state index in [1.165, 1.54) is 12.8 Å². The number of amides is 1. The Morgan fingerprint density at radius 1 is 1.53 bits per heavy atom. The fourth-order valence-corrected chi connectivity index (χ4v) is 2.98. The van der Waals surface area contributed by atoms with Gasteiger partial charge in [0.1, 0.15) is 0 Å². The van der Waals surface area contributed by atoms with E-state index in [0.29, 0.717) is 17.1 Å². The van der Waals surface area contributed by atoms with Crippen LogP contribution in [0.15, 0.2) is 22.7 Å². The fourth-order valence-electron chi connectivity index (χ4n) is 2.12. The molecule has 0 atom stereocenters. The number of nitrogens with one attached hydrogen (secondary N) is 1. The molecule has 0 spiro atoms. The molecule has 0 radical (unpaired) electrons. The van der Waals surface area contributed by atoms with Gasteiger partial charge in [-0.3, -0.25) is 9.69 Å². The Balaban J connectivity index is 1.83. The lowest BCUT2D eigenvalue weighted by atomic mass is 10.2. The molecule has 0 saturated heterocycles. The van der Waals surface area contributed by atoms with Gasteiger partial charge in [0, 0.05) is 28.6 Å². The highest BCUT2D eigenvalue weighted by Crippen LogP contribution is 2.26. The van der Waals surface area contributed by atoms with Crippen LogP contribution in [0.3, 0.4) is 0 Å². The zero-order valence-electron chi connectivity index (χ0n) is 11.0. The lowest BCUT2D eigenvalue weighted by molar-refractivity contribution is 0.0947. The molecule has 0 heterocycles. The van der Waals surface area contributed by atoms with Crippen molar-refractivity contribution in [2.24, 2.45) is 0 Å². The number of carbonyl (C=O) groups excluding carboxylic acids is 1. The minimum Gasteiger partial charge on any atom is -0.351 e. The summed E-state index contributed by atoms with van der Waals surface area (Å²) in [4.78, 5) is 14.4. The van der Waals surface area contributed by atoms with Gasteiger partial charge in [-0.2, -0.15) is 0 Å². The average molecular weight is 346 g/mol. The predicted octanol–water partition coefficient (Wildman–Crippen LogP) is 3.32. The van der Waals surface area contributed by atoms with Gasteiger partial charge >= 0.3 is 0 Å². The van der Waals surface area contributed by atoms with E-state index in [1.807, 2.05) is 0 Å². The van der Waals surface area contributed by atoms with E-state index >= 15 is 0 Å². The molecule has 5 heteroatoms. The van der Waals surface area contributed by atoms with Gasteiger partial charge in [-0.1, -0.05) is 18.5 Å². The van der Waals surface area contributed by atoms with Gasteiger partial charge in [0.15, 0.2) is 0 Å². The zero-order valence-corrected chi connectivity index (χ0v) is 13.3. The quantitative estimate of drug-likeness (QED) is 0.858. The molecule has 3 nitrogen and oxygen atoms in total. The van der Waals surface area contributed by atoms with Crippen molar-refractivity contribution in [1.29, 1.82) is 0 Å². The molecule has 1 aromatic rings. The summed E-state index contributed by atoms with van der Waals surface area (Å²) in [5.74, 6) is -0.0598. The van der Waals surface area contributed by atoms with Crippen LogP contribution in [0, 0.1) is 0 Å². The Morgan fingerprint density at radius 3 is 2.84 bits per heavy atom. The number of rotatable bonds is 6. The van der Waals surface area contributed by atoms with E-state index in [-0.39, 0.29) is 5.91 Å². The third-order valence-corrected chi connectivity index (χ3v) is 4.22. The molecule has 1 N–H and O–H groups in total. The maximum Gasteiger partial charge on any atom is 0.252 e. The normalized spacial score (nSPS) is 14.7. The maximum absolute atomic E-state index is 12.0. The minimum atomic E-state index is -0.0598. The number of halogens is 2. The molecule has 0 bridgehead atoms. The molecule has 19 heavy (non-hydrogen) atoms. The average Bonchev–Trinajstić information content (AvgIpc) is 3.18. The van der Waals surface area contributed by atoms with Crippen LogP contribution in [-0.2, 0) is 0 Å². The molecular weight excluding hydrogens is 328 g/mol. The third-order valence-electron chi connectivity index (χ3n) is 3.33. The lowest BCUT2D eigenvalue weighted by Gasteiger charge is -2.19. The van der Waals surface area contributed by atoms with Crippen LogP contribution in [0.1, 0.15) is 30.1 Å². The molecule has 1 fully saturated rings. The molecular formula is C14H18BrClN2O. The second-order valence-corrected chi connectivity index (χ2v) is 6.03. The van der Waals surface area contributed by atoms with Crippen LogP contribution in [0.5, 0.6) is 0 Å². The van der Waals surface area contributed by atoms with Crippen molar-refractivity contribution in [1.82, 2.24) is 10.2 Å². The molecule has 0 aliphatic heterocycles. The summed E-state index contributed by atoms with van der Waals surface area (Å²) in [5, 5.41) is 3.57. The van der Waals surface area contributed by atoms with Crippen molar-refractivity contribution in [3.63, 3.8) is 0 Å². The van der Waals surface area contributed by atoms with Crippen molar-refractivity contribution >= 4 is 33.4 Å². The van der Waals surface area contributed by atoms with Crippen molar-refractivity contribution in [2.75, 3.05) is 19.6 Å². The summed E-state index contributed by atoms with van der Waals surface area (Å²) >= 11 is 9.22. The predicted molar refractivity (Wildman–Crippen MR) is 81.8 cm³/mol. The smallest absolute Gasteiger partial charge is 0.252 e. The first-order chi connectivity index (χ1) is 9.11. The lowest BCUT2D eigenvalue weighted by Crippen LogP contribution is -2.36. The van der Waals surface area contributed by atoms with Gasteiger partial charge in [0.25, 0.3) is 5.91 Å². The summed E-state index contributed by atoms with van der Waals surface area (Å²) in [6.45, 7) is 4.80. The van der Waals surface area contributed by atoms with Gasteiger partial charge in [-0.05, 0) is 53.5 Å². The number of likely N-dealkylation sites (N-methyl/N-ethyl adjacent to an activating group) is 1. The molecule has 2 rings (SSSR count). The van der Waals surface area contributed by atoms with Gasteiger partial charge in [-0.15, -0.1) is 0 Å². The van der Waals surface area contributed by atoms with Crippen LogP contribution < -0.4 is 5.32 Å². The SMILES string of the molecule is CCN(CCNC(=O)c1ccc(Cl)cc1Br)C1CC1. The van der Waals surface area contributed by atoms with Crippen LogP contribution >= 0.6 is 27.5 Å². The Bertz CT molecular complexity index is 463. The highest BCUT2D eigenvalue weighted by molar-refractivity contribution is 9.10. The topological polar surface area (TPSA) is 32.3 Å². The van der Waals surface area contributed by atoms with Crippen LogP contribution in [0.4, 0.5) is 0 Å². The van der Waals surface area contributed by atoms with Crippen molar-refractivity contribution < 1.29 is 4.79 Å². The first-order valence-corrected chi connectivity index (χ1v) is 7.76. The molecule has 0 unspecified atom stereocenters. The Morgan fingerprint density at radius 2 is 2.26 bits per heavy atom. The Labute approximate surface area is 127 Å². The van der Waals surface area contributed by atoms with Gasteiger partial charge < -0.3 is 5.32 Å². The molecule has 1 amide bonds. The first kappa shape index (κ1) is 14.8. The largest absolute Gasteiger partial charge is 0.351 e. The molecule has 1 aromatic carbocycles. The Kier molecular flexibility index (Phi) is 5.25. The number of hydrogen-bond donors (Lipinski definition) is 1. The molecule has 1 aliphatic carbocycles. The fraction of sp³-hybridized carbons (Fsp3) is 0.500. The highest BCUT2D eigenvalue weighted by atomic mass is 79.9. The standard InChI is InChI=1S/C14H18BrClN2O/c1-2-18(11-4-5-11)8-7-17-14(19)12-6-3-10(16)9-13(12)15/h3,6,9,11H,2,4-5,7-8H2,1H3,(H,17,19). The van der Waals surface area contributed by atoms with E-state index in [1.54, 1.807) is 18.2 Å². The number of nitrogens with zero attached hydrogens (tertiary/aromatic N) is 1. The Hall–Kier alpha value is -0.580. The van der Waals surface area contributed by atoms with E-state index in [9.17, 15) is 4.79 Å². The van der Waals surface area contributed by atoms with Crippen LogP contribution in [-0.4, -0.2) is 36.5 Å². The number of carbonyl (C=O) groups is 1. The monoisotopic (exact) mass is 344 g/mol. The first-order valence-electron chi connectivity index (χ1n) is 6.59. The maximum atomic E-state index is 12.0. The molecule has 104 valence electrons. The van der Waals surface area contributed by atoms with Crippen LogP contribution in [0.25, 0.3) is 0 Å².